The number of rotatable bonds is 9. The lowest BCUT2D eigenvalue weighted by Crippen LogP contribution is -2.44. The largest absolute Gasteiger partial charge is 0.495 e. The van der Waals surface area contributed by atoms with Crippen molar-refractivity contribution in [2.45, 2.75) is 58.0 Å². The molecule has 162 valence electrons. The maximum Gasteiger partial charge on any atom is 0.229 e. The Bertz CT molecular complexity index is 865. The highest BCUT2D eigenvalue weighted by Gasteiger charge is 2.31. The molecule has 7 heteroatoms. The highest BCUT2D eigenvalue weighted by molar-refractivity contribution is 5.75. The molecule has 1 aliphatic carbocycles. The van der Waals surface area contributed by atoms with Crippen molar-refractivity contribution >= 4 is 29.4 Å². The van der Waals surface area contributed by atoms with Crippen molar-refractivity contribution in [1.82, 2.24) is 9.97 Å². The van der Waals surface area contributed by atoms with Gasteiger partial charge < -0.3 is 24.6 Å². The third-order valence-corrected chi connectivity index (χ3v) is 5.73. The lowest BCUT2D eigenvalue weighted by Gasteiger charge is -2.36. The SMILES string of the molecule is CC[C@H](C=O)N(c1nc(Nc2ccc(C)cc2OC)ncc1N(C)C)C1CCCC1. The van der Waals surface area contributed by atoms with Crippen LogP contribution in [-0.2, 0) is 4.79 Å². The Morgan fingerprint density at radius 2 is 2.03 bits per heavy atom. The molecule has 0 bridgehead atoms. The number of methoxy groups -OCH3 is 1. The summed E-state index contributed by atoms with van der Waals surface area (Å²) < 4.78 is 5.51. The Morgan fingerprint density at radius 1 is 1.30 bits per heavy atom. The smallest absolute Gasteiger partial charge is 0.229 e. The Kier molecular flexibility index (Phi) is 7.13. The second-order valence-electron chi connectivity index (χ2n) is 8.08. The topological polar surface area (TPSA) is 70.6 Å². The van der Waals surface area contributed by atoms with Gasteiger partial charge in [0.05, 0.1) is 30.7 Å². The average Bonchev–Trinajstić information content (AvgIpc) is 3.27. The van der Waals surface area contributed by atoms with Gasteiger partial charge in [-0.3, -0.25) is 0 Å². The number of anilines is 4. The Balaban J connectivity index is 2.04. The number of nitrogens with one attached hydrogen (secondary N) is 1. The summed E-state index contributed by atoms with van der Waals surface area (Å²) in [6.45, 7) is 4.07. The van der Waals surface area contributed by atoms with Gasteiger partial charge in [-0.25, -0.2) is 4.98 Å². The molecular formula is C23H33N5O2. The molecule has 1 aliphatic rings. The summed E-state index contributed by atoms with van der Waals surface area (Å²) in [5.41, 5.74) is 2.83. The van der Waals surface area contributed by atoms with Crippen molar-refractivity contribution in [3.63, 3.8) is 0 Å². The highest BCUT2D eigenvalue weighted by atomic mass is 16.5. The molecule has 7 nitrogen and oxygen atoms in total. The molecule has 0 radical (unpaired) electrons. The van der Waals surface area contributed by atoms with Gasteiger partial charge in [-0.2, -0.15) is 4.98 Å². The number of nitrogens with zero attached hydrogens (tertiary/aromatic N) is 4. The molecule has 0 unspecified atom stereocenters. The van der Waals surface area contributed by atoms with Gasteiger partial charge in [-0.15, -0.1) is 0 Å². The number of benzene rings is 1. The molecule has 1 atom stereocenters. The fourth-order valence-electron chi connectivity index (χ4n) is 4.10. The third kappa shape index (κ3) is 4.66. The fourth-order valence-corrected chi connectivity index (χ4v) is 4.10. The summed E-state index contributed by atoms with van der Waals surface area (Å²) in [5, 5.41) is 3.30. The van der Waals surface area contributed by atoms with Crippen LogP contribution in [-0.4, -0.2) is 49.5 Å². The number of hydrogen-bond donors (Lipinski definition) is 1. The average molecular weight is 412 g/mol. The Hall–Kier alpha value is -2.83. The monoisotopic (exact) mass is 411 g/mol. The third-order valence-electron chi connectivity index (χ3n) is 5.73. The van der Waals surface area contributed by atoms with E-state index in [-0.39, 0.29) is 6.04 Å². The lowest BCUT2D eigenvalue weighted by molar-refractivity contribution is -0.109. The van der Waals surface area contributed by atoms with Crippen molar-refractivity contribution in [3.05, 3.63) is 30.0 Å². The molecule has 1 aromatic heterocycles. The fraction of sp³-hybridized carbons (Fsp3) is 0.522. The number of carbonyl (C=O) groups is 1. The van der Waals surface area contributed by atoms with E-state index >= 15 is 0 Å². The van der Waals surface area contributed by atoms with Gasteiger partial charge >= 0.3 is 0 Å². The standard InChI is InChI=1S/C23H33N5O2/c1-6-17(15-29)28(18-9-7-8-10-18)22-20(27(3)4)14-24-23(26-22)25-19-12-11-16(2)13-21(19)30-5/h11-15,17-18H,6-10H2,1-5H3,(H,24,25,26)/t17-/m1/s1. The van der Waals surface area contributed by atoms with Crippen molar-refractivity contribution in [3.8, 4) is 5.75 Å². The predicted octanol–water partition coefficient (Wildman–Crippen LogP) is 4.33. The van der Waals surface area contributed by atoms with Gasteiger partial charge in [0.15, 0.2) is 5.82 Å². The normalized spacial score (nSPS) is 15.0. The van der Waals surface area contributed by atoms with E-state index < -0.39 is 0 Å². The molecule has 0 aliphatic heterocycles. The van der Waals surface area contributed by atoms with E-state index in [1.165, 1.54) is 12.8 Å². The molecule has 1 fully saturated rings. The van der Waals surface area contributed by atoms with E-state index in [0.29, 0.717) is 12.0 Å². The van der Waals surface area contributed by atoms with Gasteiger partial charge in [0.2, 0.25) is 5.95 Å². The van der Waals surface area contributed by atoms with Crippen LogP contribution in [0, 0.1) is 6.92 Å². The van der Waals surface area contributed by atoms with Crippen LogP contribution in [0.1, 0.15) is 44.6 Å². The summed E-state index contributed by atoms with van der Waals surface area (Å²) in [7, 11) is 5.61. The van der Waals surface area contributed by atoms with E-state index in [1.54, 1.807) is 7.11 Å². The highest BCUT2D eigenvalue weighted by Crippen LogP contribution is 2.36. The number of aryl methyl sites for hydroxylation is 1. The van der Waals surface area contributed by atoms with Crippen LogP contribution in [0.5, 0.6) is 5.75 Å². The second-order valence-corrected chi connectivity index (χ2v) is 8.08. The zero-order valence-electron chi connectivity index (χ0n) is 18.7. The van der Waals surface area contributed by atoms with E-state index in [4.69, 9.17) is 9.72 Å². The first-order valence-electron chi connectivity index (χ1n) is 10.7. The minimum absolute atomic E-state index is 0.205. The molecular weight excluding hydrogens is 378 g/mol. The minimum atomic E-state index is -0.205. The molecule has 0 amide bonds. The van der Waals surface area contributed by atoms with Crippen LogP contribution in [0.4, 0.5) is 23.1 Å². The quantitative estimate of drug-likeness (QED) is 0.616. The number of aldehydes is 1. The van der Waals surface area contributed by atoms with Gasteiger partial charge in [0.25, 0.3) is 0 Å². The molecule has 3 rings (SSSR count). The minimum Gasteiger partial charge on any atom is -0.495 e. The molecule has 1 aromatic carbocycles. The van der Waals surface area contributed by atoms with Crippen molar-refractivity contribution in [2.75, 3.05) is 36.3 Å². The summed E-state index contributed by atoms with van der Waals surface area (Å²) in [6, 6.07) is 6.07. The second kappa shape index (κ2) is 9.78. The lowest BCUT2D eigenvalue weighted by atomic mass is 10.1. The number of aromatic nitrogens is 2. The van der Waals surface area contributed by atoms with Crippen LogP contribution in [0.25, 0.3) is 0 Å². The van der Waals surface area contributed by atoms with Gasteiger partial charge in [0, 0.05) is 20.1 Å². The summed E-state index contributed by atoms with van der Waals surface area (Å²) in [4.78, 5) is 25.6. The first kappa shape index (κ1) is 21.9. The summed E-state index contributed by atoms with van der Waals surface area (Å²) in [5.74, 6) is 2.03. The van der Waals surface area contributed by atoms with Gasteiger partial charge in [0.1, 0.15) is 12.0 Å². The molecule has 0 spiro atoms. The van der Waals surface area contributed by atoms with E-state index in [0.717, 1.165) is 54.1 Å². The Labute approximate surface area is 179 Å². The first-order chi connectivity index (χ1) is 14.5. The van der Waals surface area contributed by atoms with Gasteiger partial charge in [-0.05, 0) is 43.9 Å². The van der Waals surface area contributed by atoms with Crippen LogP contribution in [0.15, 0.2) is 24.4 Å². The summed E-state index contributed by atoms with van der Waals surface area (Å²) >= 11 is 0. The maximum atomic E-state index is 11.9. The molecule has 1 heterocycles. The Morgan fingerprint density at radius 3 is 2.63 bits per heavy atom. The number of ether oxygens (including phenoxy) is 1. The van der Waals surface area contributed by atoms with Crippen LogP contribution < -0.4 is 19.9 Å². The van der Waals surface area contributed by atoms with Crippen molar-refractivity contribution in [2.24, 2.45) is 0 Å². The van der Waals surface area contributed by atoms with Gasteiger partial charge in [-0.1, -0.05) is 25.8 Å². The number of carbonyl (C=O) groups excluding carboxylic acids is 1. The van der Waals surface area contributed by atoms with Crippen LogP contribution in [0.2, 0.25) is 0 Å². The van der Waals surface area contributed by atoms with Crippen LogP contribution >= 0.6 is 0 Å². The predicted molar refractivity (Wildman–Crippen MR) is 122 cm³/mol. The van der Waals surface area contributed by atoms with Crippen molar-refractivity contribution in [1.29, 1.82) is 0 Å². The van der Waals surface area contributed by atoms with E-state index in [1.807, 2.05) is 57.2 Å². The summed E-state index contributed by atoms with van der Waals surface area (Å²) in [6.07, 6.45) is 8.15. The molecule has 30 heavy (non-hydrogen) atoms. The first-order valence-corrected chi connectivity index (χ1v) is 10.7. The van der Waals surface area contributed by atoms with E-state index in [9.17, 15) is 4.79 Å². The number of hydrogen-bond acceptors (Lipinski definition) is 7. The molecule has 2 aromatic rings. The zero-order chi connectivity index (χ0) is 21.7. The van der Waals surface area contributed by atoms with Crippen LogP contribution in [0.3, 0.4) is 0 Å². The molecule has 0 saturated heterocycles. The zero-order valence-corrected chi connectivity index (χ0v) is 18.7. The molecule has 1 saturated carbocycles. The maximum absolute atomic E-state index is 11.9. The molecule has 1 N–H and O–H groups in total. The van der Waals surface area contributed by atoms with E-state index in [2.05, 4.69) is 15.2 Å². The van der Waals surface area contributed by atoms with Crippen molar-refractivity contribution < 1.29 is 9.53 Å².